The highest BCUT2D eigenvalue weighted by Crippen LogP contribution is 2.33. The number of nitrogens with zero attached hydrogens (tertiary/aromatic N) is 2. The molecule has 70 valence electrons. The Hall–Kier alpha value is -0.730. The Morgan fingerprint density at radius 1 is 1.58 bits per heavy atom. The number of rotatable bonds is 2. The van der Waals surface area contributed by atoms with Crippen molar-refractivity contribution >= 4 is 5.96 Å². The topological polar surface area (TPSA) is 41.6 Å². The van der Waals surface area contributed by atoms with E-state index in [4.69, 9.17) is 5.73 Å². The van der Waals surface area contributed by atoms with E-state index in [0.717, 1.165) is 18.4 Å². The molecule has 0 aromatic heterocycles. The van der Waals surface area contributed by atoms with Gasteiger partial charge in [-0.25, -0.2) is 0 Å². The maximum Gasteiger partial charge on any atom is 0.190 e. The number of guanidine groups is 1. The van der Waals surface area contributed by atoms with Crippen LogP contribution in [0.3, 0.4) is 0 Å². The summed E-state index contributed by atoms with van der Waals surface area (Å²) >= 11 is 0. The van der Waals surface area contributed by atoms with Gasteiger partial charge in [0.15, 0.2) is 5.96 Å². The molecule has 0 heterocycles. The fourth-order valence-electron chi connectivity index (χ4n) is 1.87. The van der Waals surface area contributed by atoms with Crippen LogP contribution in [0, 0.1) is 11.8 Å². The molecular formula is C9H19N3. The summed E-state index contributed by atoms with van der Waals surface area (Å²) in [6, 6.07) is 0. The van der Waals surface area contributed by atoms with Crippen molar-refractivity contribution in [2.45, 2.75) is 19.8 Å². The quantitative estimate of drug-likeness (QED) is 0.493. The minimum atomic E-state index is 0.648. The summed E-state index contributed by atoms with van der Waals surface area (Å²) in [5.41, 5.74) is 5.65. The zero-order chi connectivity index (χ0) is 9.14. The minimum absolute atomic E-state index is 0.648. The molecule has 12 heavy (non-hydrogen) atoms. The zero-order valence-electron chi connectivity index (χ0n) is 8.25. The van der Waals surface area contributed by atoms with Crippen LogP contribution in [-0.4, -0.2) is 31.5 Å². The van der Waals surface area contributed by atoms with Crippen molar-refractivity contribution in [2.24, 2.45) is 22.6 Å². The van der Waals surface area contributed by atoms with Crippen molar-refractivity contribution in [2.75, 3.05) is 20.6 Å². The Morgan fingerprint density at radius 3 is 2.58 bits per heavy atom. The van der Waals surface area contributed by atoms with Gasteiger partial charge in [-0.2, -0.15) is 0 Å². The maximum atomic E-state index is 5.65. The van der Waals surface area contributed by atoms with Gasteiger partial charge < -0.3 is 10.6 Å². The van der Waals surface area contributed by atoms with Crippen molar-refractivity contribution in [3.8, 4) is 0 Å². The Kier molecular flexibility index (Phi) is 2.95. The van der Waals surface area contributed by atoms with E-state index in [9.17, 15) is 0 Å². The second-order valence-electron chi connectivity index (χ2n) is 3.90. The first-order valence-corrected chi connectivity index (χ1v) is 4.57. The van der Waals surface area contributed by atoms with E-state index in [0.29, 0.717) is 5.96 Å². The van der Waals surface area contributed by atoms with Crippen molar-refractivity contribution in [3.63, 3.8) is 0 Å². The smallest absolute Gasteiger partial charge is 0.190 e. The largest absolute Gasteiger partial charge is 0.370 e. The van der Waals surface area contributed by atoms with Gasteiger partial charge in [0.05, 0.1) is 0 Å². The van der Waals surface area contributed by atoms with Gasteiger partial charge in [-0.3, -0.25) is 4.99 Å². The molecule has 1 fully saturated rings. The molecule has 0 saturated heterocycles. The van der Waals surface area contributed by atoms with Gasteiger partial charge in [0.2, 0.25) is 0 Å². The number of nitrogens with two attached hydrogens (primary N) is 1. The van der Waals surface area contributed by atoms with E-state index < -0.39 is 0 Å². The van der Waals surface area contributed by atoms with E-state index in [2.05, 4.69) is 11.9 Å². The van der Waals surface area contributed by atoms with Crippen LogP contribution in [0.2, 0.25) is 0 Å². The summed E-state index contributed by atoms with van der Waals surface area (Å²) < 4.78 is 0. The maximum absolute atomic E-state index is 5.65. The van der Waals surface area contributed by atoms with Crippen LogP contribution in [-0.2, 0) is 0 Å². The lowest BCUT2D eigenvalue weighted by Gasteiger charge is -2.35. The zero-order valence-corrected chi connectivity index (χ0v) is 8.25. The van der Waals surface area contributed by atoms with Gasteiger partial charge in [-0.05, 0) is 24.7 Å². The van der Waals surface area contributed by atoms with Crippen LogP contribution in [0.5, 0.6) is 0 Å². The molecular weight excluding hydrogens is 150 g/mol. The monoisotopic (exact) mass is 169 g/mol. The normalized spacial score (nSPS) is 29.8. The molecule has 0 unspecified atom stereocenters. The molecule has 0 radical (unpaired) electrons. The molecule has 1 aliphatic rings. The third-order valence-corrected chi connectivity index (χ3v) is 2.62. The number of hydrogen-bond donors (Lipinski definition) is 1. The molecule has 0 aromatic rings. The van der Waals surface area contributed by atoms with E-state index in [-0.39, 0.29) is 0 Å². The number of aliphatic imine (C=N–C) groups is 1. The summed E-state index contributed by atoms with van der Waals surface area (Å²) in [5, 5.41) is 0. The Labute approximate surface area is 74.6 Å². The Bertz CT molecular complexity index is 171. The summed E-state index contributed by atoms with van der Waals surface area (Å²) in [4.78, 5) is 5.98. The van der Waals surface area contributed by atoms with E-state index in [1.165, 1.54) is 12.8 Å². The molecule has 0 spiro atoms. The summed E-state index contributed by atoms with van der Waals surface area (Å²) in [6.07, 6.45) is 2.70. The lowest BCUT2D eigenvalue weighted by Crippen LogP contribution is -2.40. The molecule has 3 nitrogen and oxygen atoms in total. The predicted octanol–water partition coefficient (Wildman–Crippen LogP) is 0.909. The molecule has 2 N–H and O–H groups in total. The van der Waals surface area contributed by atoms with E-state index in [1.807, 2.05) is 11.9 Å². The summed E-state index contributed by atoms with van der Waals surface area (Å²) in [5.74, 6) is 2.41. The van der Waals surface area contributed by atoms with Crippen molar-refractivity contribution in [1.82, 2.24) is 4.90 Å². The molecule has 1 saturated carbocycles. The van der Waals surface area contributed by atoms with Crippen molar-refractivity contribution < 1.29 is 0 Å². The van der Waals surface area contributed by atoms with E-state index >= 15 is 0 Å². The summed E-state index contributed by atoms with van der Waals surface area (Å²) in [7, 11) is 3.74. The first kappa shape index (κ1) is 9.36. The van der Waals surface area contributed by atoms with Crippen molar-refractivity contribution in [1.29, 1.82) is 0 Å². The lowest BCUT2D eigenvalue weighted by atomic mass is 9.76. The molecule has 0 amide bonds. The van der Waals surface area contributed by atoms with Gasteiger partial charge in [0.25, 0.3) is 0 Å². The first-order chi connectivity index (χ1) is 5.63. The molecule has 0 aromatic carbocycles. The SMILES string of the molecule is CN=C(N)N(C)CC1CC(C)C1. The Balaban J connectivity index is 2.23. The van der Waals surface area contributed by atoms with Crippen LogP contribution in [0.4, 0.5) is 0 Å². The number of hydrogen-bond acceptors (Lipinski definition) is 1. The second-order valence-corrected chi connectivity index (χ2v) is 3.90. The molecule has 1 aliphatic carbocycles. The lowest BCUT2D eigenvalue weighted by molar-refractivity contribution is 0.180. The van der Waals surface area contributed by atoms with Gasteiger partial charge in [-0.1, -0.05) is 6.92 Å². The molecule has 1 rings (SSSR count). The van der Waals surface area contributed by atoms with Crippen LogP contribution < -0.4 is 5.73 Å². The minimum Gasteiger partial charge on any atom is -0.370 e. The highest BCUT2D eigenvalue weighted by molar-refractivity contribution is 5.77. The molecule has 0 atom stereocenters. The van der Waals surface area contributed by atoms with E-state index in [1.54, 1.807) is 7.05 Å². The molecule has 3 heteroatoms. The average molecular weight is 169 g/mol. The summed E-state index contributed by atoms with van der Waals surface area (Å²) in [6.45, 7) is 3.36. The van der Waals surface area contributed by atoms with Crippen LogP contribution >= 0.6 is 0 Å². The first-order valence-electron chi connectivity index (χ1n) is 4.57. The molecule has 0 aliphatic heterocycles. The van der Waals surface area contributed by atoms with Gasteiger partial charge in [0, 0.05) is 20.6 Å². The highest BCUT2D eigenvalue weighted by atomic mass is 15.2. The highest BCUT2D eigenvalue weighted by Gasteiger charge is 2.26. The molecule has 0 bridgehead atoms. The van der Waals surface area contributed by atoms with Crippen LogP contribution in [0.1, 0.15) is 19.8 Å². The average Bonchev–Trinajstić information content (AvgIpc) is 2.00. The van der Waals surface area contributed by atoms with Gasteiger partial charge >= 0.3 is 0 Å². The third kappa shape index (κ3) is 2.13. The third-order valence-electron chi connectivity index (χ3n) is 2.62. The fourth-order valence-corrected chi connectivity index (χ4v) is 1.87. The van der Waals surface area contributed by atoms with Gasteiger partial charge in [0.1, 0.15) is 0 Å². The van der Waals surface area contributed by atoms with Crippen LogP contribution in [0.15, 0.2) is 4.99 Å². The second kappa shape index (κ2) is 3.78. The Morgan fingerprint density at radius 2 is 2.17 bits per heavy atom. The van der Waals surface area contributed by atoms with Gasteiger partial charge in [-0.15, -0.1) is 0 Å². The van der Waals surface area contributed by atoms with Crippen LogP contribution in [0.25, 0.3) is 0 Å². The predicted molar refractivity (Wildman–Crippen MR) is 52.1 cm³/mol. The standard InChI is InChI=1S/C9H19N3/c1-7-4-8(5-7)6-12(3)9(10)11-2/h7-8H,4-6H2,1-3H3,(H2,10,11). The van der Waals surface area contributed by atoms with Crippen molar-refractivity contribution in [3.05, 3.63) is 0 Å². The fraction of sp³-hybridized carbons (Fsp3) is 0.889.